The molecule has 0 aliphatic heterocycles. The number of alkyl carbamates (subject to hydrolysis) is 1. The predicted molar refractivity (Wildman–Crippen MR) is 120 cm³/mol. The van der Waals surface area contributed by atoms with Gasteiger partial charge in [0.25, 0.3) is 0 Å². The minimum atomic E-state index is -0.917. The van der Waals surface area contributed by atoms with Crippen LogP contribution in [0.15, 0.2) is 85.3 Å². The van der Waals surface area contributed by atoms with Crippen LogP contribution in [0.5, 0.6) is 0 Å². The number of hydrogen-bond donors (Lipinski definition) is 1. The van der Waals surface area contributed by atoms with Crippen molar-refractivity contribution >= 4 is 22.8 Å². The lowest BCUT2D eigenvalue weighted by Gasteiger charge is -2.15. The quantitative estimate of drug-likeness (QED) is 0.449. The van der Waals surface area contributed by atoms with E-state index in [1.165, 1.54) is 7.11 Å². The zero-order chi connectivity index (χ0) is 22.3. The molecule has 3 aromatic carbocycles. The van der Waals surface area contributed by atoms with Crippen molar-refractivity contribution in [3.05, 3.63) is 96.6 Å². The lowest BCUT2D eigenvalue weighted by molar-refractivity contribution is -0.143. The first-order valence-corrected chi connectivity index (χ1v) is 10.2. The highest BCUT2D eigenvalue weighted by atomic mass is 16.6. The Bertz CT molecular complexity index is 1210. The van der Waals surface area contributed by atoms with E-state index >= 15 is 0 Å². The Kier molecular flexibility index (Phi) is 6.46. The summed E-state index contributed by atoms with van der Waals surface area (Å²) in [5.74, 6) is -0.568. The van der Waals surface area contributed by atoms with Crippen LogP contribution in [0.25, 0.3) is 16.5 Å². The molecule has 1 N–H and O–H groups in total. The molecule has 4 aromatic rings. The predicted octanol–water partition coefficient (Wildman–Crippen LogP) is 4.04. The summed E-state index contributed by atoms with van der Waals surface area (Å²) in [7, 11) is 1.28. The summed E-state index contributed by atoms with van der Waals surface area (Å²) in [6.07, 6.45) is 3.01. The second-order valence-corrected chi connectivity index (χ2v) is 7.26. The zero-order valence-corrected chi connectivity index (χ0v) is 17.6. The molecular weight excluding hydrogens is 406 g/mol. The average molecular weight is 429 g/mol. The van der Waals surface area contributed by atoms with Crippen LogP contribution in [-0.2, 0) is 27.3 Å². The third-order valence-corrected chi connectivity index (χ3v) is 5.08. The Labute approximate surface area is 185 Å². The standard InChI is InChI=1S/C25H23N3O4/c1-31-24(29)22(27-25(30)32-16-18-8-3-2-4-9-18)14-20-15-28(17-26-20)23-13-7-11-19-10-5-6-12-21(19)23/h2-13,15,17,22H,14,16H2,1H3,(H,27,30)/t22-/m0/s1. The van der Waals surface area contributed by atoms with Gasteiger partial charge in [-0.3, -0.25) is 0 Å². The van der Waals surface area contributed by atoms with Crippen LogP contribution in [0.1, 0.15) is 11.3 Å². The van der Waals surface area contributed by atoms with Gasteiger partial charge in [0.15, 0.2) is 0 Å². The largest absolute Gasteiger partial charge is 0.467 e. The van der Waals surface area contributed by atoms with Crippen LogP contribution in [0.2, 0.25) is 0 Å². The van der Waals surface area contributed by atoms with Crippen LogP contribution in [0.3, 0.4) is 0 Å². The number of amides is 1. The molecule has 1 amide bonds. The van der Waals surface area contributed by atoms with Gasteiger partial charge in [0.2, 0.25) is 0 Å². The number of methoxy groups -OCH3 is 1. The third-order valence-electron chi connectivity index (χ3n) is 5.08. The van der Waals surface area contributed by atoms with Crippen molar-refractivity contribution in [2.24, 2.45) is 0 Å². The summed E-state index contributed by atoms with van der Waals surface area (Å²) in [4.78, 5) is 28.9. The molecular formula is C25H23N3O4. The molecule has 162 valence electrons. The first kappa shape index (κ1) is 21.1. The monoisotopic (exact) mass is 429 g/mol. The molecule has 0 bridgehead atoms. The van der Waals surface area contributed by atoms with E-state index in [-0.39, 0.29) is 13.0 Å². The Hall–Kier alpha value is -4.13. The Morgan fingerprint density at radius 2 is 1.75 bits per heavy atom. The minimum Gasteiger partial charge on any atom is -0.467 e. The van der Waals surface area contributed by atoms with Crippen molar-refractivity contribution in [3.63, 3.8) is 0 Å². The third kappa shape index (κ3) is 4.95. The summed E-state index contributed by atoms with van der Waals surface area (Å²) in [5.41, 5.74) is 2.47. The molecule has 0 aliphatic rings. The number of esters is 1. The molecule has 1 aromatic heterocycles. The maximum Gasteiger partial charge on any atom is 0.408 e. The molecule has 0 fully saturated rings. The van der Waals surface area contributed by atoms with Crippen molar-refractivity contribution in [3.8, 4) is 5.69 Å². The van der Waals surface area contributed by atoms with Crippen LogP contribution in [-0.4, -0.2) is 34.8 Å². The van der Waals surface area contributed by atoms with Gasteiger partial charge in [0.1, 0.15) is 12.6 Å². The second-order valence-electron chi connectivity index (χ2n) is 7.26. The highest BCUT2D eigenvalue weighted by Crippen LogP contribution is 2.22. The highest BCUT2D eigenvalue weighted by molar-refractivity contribution is 5.90. The molecule has 1 atom stereocenters. The van der Waals surface area contributed by atoms with E-state index in [4.69, 9.17) is 9.47 Å². The molecule has 1 heterocycles. The number of nitrogens with zero attached hydrogens (tertiary/aromatic N) is 2. The summed E-state index contributed by atoms with van der Waals surface area (Å²) in [5, 5.41) is 4.79. The zero-order valence-electron chi connectivity index (χ0n) is 17.6. The fraction of sp³-hybridized carbons (Fsp3) is 0.160. The normalized spacial score (nSPS) is 11.7. The number of imidazole rings is 1. The fourth-order valence-corrected chi connectivity index (χ4v) is 3.49. The number of carbonyl (C=O) groups excluding carboxylic acids is 2. The van der Waals surface area contributed by atoms with E-state index in [1.54, 1.807) is 6.33 Å². The Morgan fingerprint density at radius 1 is 1.00 bits per heavy atom. The molecule has 4 rings (SSSR count). The topological polar surface area (TPSA) is 82.5 Å². The van der Waals surface area contributed by atoms with E-state index in [9.17, 15) is 9.59 Å². The van der Waals surface area contributed by atoms with Crippen LogP contribution in [0.4, 0.5) is 4.79 Å². The molecule has 7 nitrogen and oxygen atoms in total. The van der Waals surface area contributed by atoms with E-state index < -0.39 is 18.1 Å². The van der Waals surface area contributed by atoms with E-state index in [0.717, 1.165) is 22.0 Å². The van der Waals surface area contributed by atoms with E-state index in [1.807, 2.05) is 71.4 Å². The second kappa shape index (κ2) is 9.78. The number of hydrogen-bond acceptors (Lipinski definition) is 5. The fourth-order valence-electron chi connectivity index (χ4n) is 3.49. The number of benzene rings is 3. The number of nitrogens with one attached hydrogen (secondary N) is 1. The molecule has 0 spiro atoms. The van der Waals surface area contributed by atoms with Gasteiger partial charge >= 0.3 is 12.1 Å². The van der Waals surface area contributed by atoms with Gasteiger partial charge in [-0.2, -0.15) is 0 Å². The lowest BCUT2D eigenvalue weighted by Crippen LogP contribution is -2.43. The van der Waals surface area contributed by atoms with Crippen molar-refractivity contribution in [1.82, 2.24) is 14.9 Å². The number of carbonyl (C=O) groups is 2. The van der Waals surface area contributed by atoms with Crippen LogP contribution in [0, 0.1) is 0 Å². The van der Waals surface area contributed by atoms with Gasteiger partial charge in [0.05, 0.1) is 24.8 Å². The summed E-state index contributed by atoms with van der Waals surface area (Å²) >= 11 is 0. The molecule has 0 radical (unpaired) electrons. The van der Waals surface area contributed by atoms with Gasteiger partial charge in [-0.25, -0.2) is 14.6 Å². The first-order valence-electron chi connectivity index (χ1n) is 10.2. The van der Waals surface area contributed by atoms with Crippen LogP contribution >= 0.6 is 0 Å². The number of ether oxygens (including phenoxy) is 2. The molecule has 0 unspecified atom stereocenters. The minimum absolute atomic E-state index is 0.107. The molecule has 32 heavy (non-hydrogen) atoms. The first-order chi connectivity index (χ1) is 15.6. The van der Waals surface area contributed by atoms with Gasteiger partial charge in [0, 0.05) is 18.0 Å². The van der Waals surface area contributed by atoms with Crippen molar-refractivity contribution in [2.75, 3.05) is 7.11 Å². The summed E-state index contributed by atoms with van der Waals surface area (Å²) in [6.45, 7) is 0.107. The van der Waals surface area contributed by atoms with Gasteiger partial charge < -0.3 is 19.4 Å². The Balaban J connectivity index is 1.46. The van der Waals surface area contributed by atoms with Crippen molar-refractivity contribution < 1.29 is 19.1 Å². The number of aromatic nitrogens is 2. The van der Waals surface area contributed by atoms with Gasteiger partial charge in [-0.05, 0) is 17.0 Å². The molecule has 0 aliphatic carbocycles. The number of fused-ring (bicyclic) bond motifs is 1. The van der Waals surface area contributed by atoms with E-state index in [2.05, 4.69) is 22.4 Å². The molecule has 7 heteroatoms. The Morgan fingerprint density at radius 3 is 2.56 bits per heavy atom. The number of rotatable bonds is 7. The lowest BCUT2D eigenvalue weighted by atomic mass is 10.1. The highest BCUT2D eigenvalue weighted by Gasteiger charge is 2.24. The maximum atomic E-state index is 12.3. The molecule has 0 saturated heterocycles. The van der Waals surface area contributed by atoms with Crippen molar-refractivity contribution in [1.29, 1.82) is 0 Å². The van der Waals surface area contributed by atoms with E-state index in [0.29, 0.717) is 5.69 Å². The SMILES string of the molecule is COC(=O)[C@H](Cc1cn(-c2cccc3ccccc23)cn1)NC(=O)OCc1ccccc1. The summed E-state index contributed by atoms with van der Waals surface area (Å²) in [6, 6.07) is 22.5. The van der Waals surface area contributed by atoms with Gasteiger partial charge in [-0.15, -0.1) is 0 Å². The van der Waals surface area contributed by atoms with Crippen molar-refractivity contribution in [2.45, 2.75) is 19.1 Å². The summed E-state index contributed by atoms with van der Waals surface area (Å²) < 4.78 is 12.0. The maximum absolute atomic E-state index is 12.3. The molecule has 0 saturated carbocycles. The average Bonchev–Trinajstić information content (AvgIpc) is 3.30. The smallest absolute Gasteiger partial charge is 0.408 e. The van der Waals surface area contributed by atoms with Gasteiger partial charge in [-0.1, -0.05) is 66.7 Å². The van der Waals surface area contributed by atoms with Crippen LogP contribution < -0.4 is 5.32 Å².